The normalized spacial score (nSPS) is 12.1. The molecule has 1 amide bonds. The average molecular weight is 366 g/mol. The first kappa shape index (κ1) is 16.5. The van der Waals surface area contributed by atoms with Crippen LogP contribution >= 0.6 is 15.9 Å². The van der Waals surface area contributed by atoms with Crippen molar-refractivity contribution in [1.29, 1.82) is 0 Å². The van der Waals surface area contributed by atoms with Gasteiger partial charge in [-0.2, -0.15) is 0 Å². The van der Waals surface area contributed by atoms with E-state index in [0.717, 1.165) is 15.2 Å². The number of hydrogen-bond donors (Lipinski definition) is 2. The van der Waals surface area contributed by atoms with Crippen LogP contribution in [0.3, 0.4) is 0 Å². The Hall–Kier alpha value is -1.92. The highest BCUT2D eigenvalue weighted by atomic mass is 79.9. The van der Waals surface area contributed by atoms with Crippen molar-refractivity contribution < 1.29 is 19.4 Å². The molecule has 6 heteroatoms. The highest BCUT2D eigenvalue weighted by Crippen LogP contribution is 2.24. The van der Waals surface area contributed by atoms with Crippen LogP contribution in [0.2, 0.25) is 0 Å². The lowest BCUT2D eigenvalue weighted by molar-refractivity contribution is -0.139. The molecule has 0 aliphatic rings. The van der Waals surface area contributed by atoms with Gasteiger partial charge in [0.25, 0.3) is 5.91 Å². The van der Waals surface area contributed by atoms with E-state index in [1.807, 2.05) is 30.3 Å². The predicted octanol–water partition coefficient (Wildman–Crippen LogP) is 2.82. The van der Waals surface area contributed by atoms with Crippen molar-refractivity contribution in [3.8, 4) is 0 Å². The number of carbonyl (C=O) groups is 2. The van der Waals surface area contributed by atoms with Crippen LogP contribution in [0.5, 0.6) is 0 Å². The van der Waals surface area contributed by atoms with Gasteiger partial charge in [-0.25, -0.2) is 4.79 Å². The number of hydrogen-bond acceptors (Lipinski definition) is 3. The van der Waals surface area contributed by atoms with Crippen LogP contribution in [0.25, 0.3) is 10.8 Å². The molecule has 2 N–H and O–H groups in total. The zero-order valence-corrected chi connectivity index (χ0v) is 13.6. The maximum Gasteiger partial charge on any atom is 0.326 e. The second kappa shape index (κ2) is 7.38. The summed E-state index contributed by atoms with van der Waals surface area (Å²) >= 11 is 3.37. The number of halogens is 1. The number of ether oxygens (including phenoxy) is 1. The van der Waals surface area contributed by atoms with Crippen LogP contribution in [0.1, 0.15) is 16.8 Å². The molecule has 0 radical (unpaired) electrons. The van der Waals surface area contributed by atoms with Gasteiger partial charge in [-0.1, -0.05) is 40.2 Å². The number of fused-ring (bicyclic) bond motifs is 1. The molecule has 1 unspecified atom stereocenters. The minimum atomic E-state index is -1.08. The summed E-state index contributed by atoms with van der Waals surface area (Å²) < 4.78 is 5.64. The lowest BCUT2D eigenvalue weighted by Gasteiger charge is -2.15. The van der Waals surface area contributed by atoms with E-state index in [1.165, 1.54) is 7.11 Å². The number of carboxylic acids is 1. The molecular formula is C16H16BrNO4. The van der Waals surface area contributed by atoms with Crippen LogP contribution in [0.15, 0.2) is 40.9 Å². The number of nitrogens with one attached hydrogen (secondary N) is 1. The van der Waals surface area contributed by atoms with Crippen LogP contribution in [0.4, 0.5) is 0 Å². The molecule has 0 spiro atoms. The maximum absolute atomic E-state index is 12.5. The molecule has 0 aliphatic carbocycles. The smallest absolute Gasteiger partial charge is 0.326 e. The molecule has 2 aromatic rings. The van der Waals surface area contributed by atoms with Crippen molar-refractivity contribution in [2.24, 2.45) is 0 Å². The molecule has 0 aliphatic heterocycles. The Bertz CT molecular complexity index is 702. The first-order chi connectivity index (χ1) is 10.5. The summed E-state index contributed by atoms with van der Waals surface area (Å²) in [5.74, 6) is -1.49. The van der Waals surface area contributed by atoms with Crippen molar-refractivity contribution in [3.63, 3.8) is 0 Å². The van der Waals surface area contributed by atoms with Crippen LogP contribution in [-0.2, 0) is 9.53 Å². The van der Waals surface area contributed by atoms with Crippen molar-refractivity contribution in [2.75, 3.05) is 13.7 Å². The second-order valence-corrected chi connectivity index (χ2v) is 5.74. The molecule has 0 saturated carbocycles. The molecule has 0 fully saturated rings. The molecular weight excluding hydrogens is 350 g/mol. The van der Waals surface area contributed by atoms with Crippen LogP contribution < -0.4 is 5.32 Å². The highest BCUT2D eigenvalue weighted by molar-refractivity contribution is 9.10. The number of benzene rings is 2. The van der Waals surface area contributed by atoms with Crippen LogP contribution in [-0.4, -0.2) is 36.7 Å². The fraction of sp³-hybridized carbons (Fsp3) is 0.250. The molecule has 0 aromatic heterocycles. The van der Waals surface area contributed by atoms with Crippen molar-refractivity contribution in [2.45, 2.75) is 12.5 Å². The molecule has 0 heterocycles. The van der Waals surface area contributed by atoms with Gasteiger partial charge in [-0.3, -0.25) is 4.79 Å². The third kappa shape index (κ3) is 3.84. The second-order valence-electron chi connectivity index (χ2n) is 4.82. The van der Waals surface area contributed by atoms with E-state index in [9.17, 15) is 14.7 Å². The van der Waals surface area contributed by atoms with Gasteiger partial charge in [0.15, 0.2) is 0 Å². The van der Waals surface area contributed by atoms with Gasteiger partial charge >= 0.3 is 5.97 Å². The van der Waals surface area contributed by atoms with E-state index in [-0.39, 0.29) is 13.0 Å². The minimum absolute atomic E-state index is 0.212. The number of aliphatic carboxylic acids is 1. The van der Waals surface area contributed by atoms with Gasteiger partial charge < -0.3 is 15.2 Å². The van der Waals surface area contributed by atoms with E-state index in [1.54, 1.807) is 6.07 Å². The summed E-state index contributed by atoms with van der Waals surface area (Å²) in [7, 11) is 1.49. The van der Waals surface area contributed by atoms with Gasteiger partial charge in [-0.15, -0.1) is 0 Å². The molecule has 5 nitrogen and oxygen atoms in total. The molecule has 0 bridgehead atoms. The Kier molecular flexibility index (Phi) is 5.51. The molecule has 22 heavy (non-hydrogen) atoms. The van der Waals surface area contributed by atoms with Gasteiger partial charge in [0.05, 0.1) is 0 Å². The molecule has 116 valence electrons. The fourth-order valence-electron chi connectivity index (χ4n) is 2.19. The van der Waals surface area contributed by atoms with Gasteiger partial charge in [-0.05, 0) is 22.9 Å². The van der Waals surface area contributed by atoms with E-state index in [0.29, 0.717) is 5.56 Å². The number of rotatable bonds is 6. The summed E-state index contributed by atoms with van der Waals surface area (Å²) in [6.07, 6.45) is 0.212. The highest BCUT2D eigenvalue weighted by Gasteiger charge is 2.21. The van der Waals surface area contributed by atoms with Gasteiger partial charge in [0.2, 0.25) is 0 Å². The number of carbonyl (C=O) groups excluding carboxylic acids is 1. The van der Waals surface area contributed by atoms with Crippen molar-refractivity contribution in [1.82, 2.24) is 5.32 Å². The zero-order valence-electron chi connectivity index (χ0n) is 12.0. The lowest BCUT2D eigenvalue weighted by Crippen LogP contribution is -2.41. The average Bonchev–Trinajstić information content (AvgIpc) is 2.49. The van der Waals surface area contributed by atoms with E-state index >= 15 is 0 Å². The summed E-state index contributed by atoms with van der Waals surface area (Å²) in [6, 6.07) is 10.1. The first-order valence-electron chi connectivity index (χ1n) is 6.74. The number of carboxylic acid groups (broad SMARTS) is 1. The van der Waals surface area contributed by atoms with Gasteiger partial charge in [0.1, 0.15) is 6.04 Å². The summed E-state index contributed by atoms with van der Waals surface area (Å²) in [5, 5.41) is 13.4. The predicted molar refractivity (Wildman–Crippen MR) is 87.0 cm³/mol. The summed E-state index contributed by atoms with van der Waals surface area (Å²) in [6.45, 7) is 0.260. The zero-order chi connectivity index (χ0) is 16.1. The Morgan fingerprint density at radius 2 is 2.05 bits per heavy atom. The van der Waals surface area contributed by atoms with Crippen molar-refractivity contribution in [3.05, 3.63) is 46.4 Å². The monoisotopic (exact) mass is 365 g/mol. The Morgan fingerprint density at radius 3 is 2.73 bits per heavy atom. The SMILES string of the molecule is COCCC(NC(=O)c1cc(Br)cc2ccccc12)C(=O)O. The topological polar surface area (TPSA) is 75.6 Å². The molecule has 2 rings (SSSR count). The quantitative estimate of drug-likeness (QED) is 0.825. The standard InChI is InChI=1S/C16H16BrNO4/c1-22-7-6-14(16(20)21)18-15(19)13-9-11(17)8-10-4-2-3-5-12(10)13/h2-5,8-9,14H,6-7H2,1H3,(H,18,19)(H,20,21). The Balaban J connectivity index is 2.30. The fourth-order valence-corrected chi connectivity index (χ4v) is 2.67. The van der Waals surface area contributed by atoms with E-state index in [2.05, 4.69) is 21.2 Å². The van der Waals surface area contributed by atoms with Crippen molar-refractivity contribution >= 4 is 38.6 Å². The Morgan fingerprint density at radius 1 is 1.32 bits per heavy atom. The Labute approximate surface area is 136 Å². The summed E-state index contributed by atoms with van der Waals surface area (Å²) in [5.41, 5.74) is 0.439. The molecule has 0 saturated heterocycles. The maximum atomic E-state index is 12.5. The van der Waals surface area contributed by atoms with Crippen LogP contribution in [0, 0.1) is 0 Å². The first-order valence-corrected chi connectivity index (χ1v) is 7.53. The van der Waals surface area contributed by atoms with E-state index in [4.69, 9.17) is 4.74 Å². The number of amides is 1. The lowest BCUT2D eigenvalue weighted by atomic mass is 10.0. The summed E-state index contributed by atoms with van der Waals surface area (Å²) in [4.78, 5) is 23.7. The largest absolute Gasteiger partial charge is 0.480 e. The molecule has 2 aromatic carbocycles. The minimum Gasteiger partial charge on any atom is -0.480 e. The van der Waals surface area contributed by atoms with Gasteiger partial charge in [0, 0.05) is 30.2 Å². The van der Waals surface area contributed by atoms with E-state index < -0.39 is 17.9 Å². The number of methoxy groups -OCH3 is 1. The third-order valence-corrected chi connectivity index (χ3v) is 3.74. The molecule has 1 atom stereocenters. The third-order valence-electron chi connectivity index (χ3n) is 3.29.